The Morgan fingerprint density at radius 3 is 2.82 bits per heavy atom. The first-order valence-corrected chi connectivity index (χ1v) is 7.28. The van der Waals surface area contributed by atoms with E-state index in [2.05, 4.69) is 20.5 Å². The summed E-state index contributed by atoms with van der Waals surface area (Å²) in [5.41, 5.74) is 1.62. The first kappa shape index (κ1) is 14.8. The van der Waals surface area contributed by atoms with Crippen LogP contribution in [0.25, 0.3) is 10.9 Å². The SMILES string of the molecule is COc1ccc(CNc2nnc(Cl)c3ncccc23)cc1Cl. The third kappa shape index (κ3) is 2.91. The lowest BCUT2D eigenvalue weighted by Crippen LogP contribution is -2.04. The summed E-state index contributed by atoms with van der Waals surface area (Å²) in [6, 6.07) is 9.33. The second-order valence-corrected chi connectivity index (χ2v) is 5.33. The molecule has 0 unspecified atom stereocenters. The first-order valence-electron chi connectivity index (χ1n) is 6.52. The van der Waals surface area contributed by atoms with Crippen LogP contribution in [-0.2, 0) is 6.54 Å². The van der Waals surface area contributed by atoms with Crippen LogP contribution in [0.1, 0.15) is 5.56 Å². The highest BCUT2D eigenvalue weighted by Crippen LogP contribution is 2.27. The molecule has 0 aliphatic rings. The van der Waals surface area contributed by atoms with Gasteiger partial charge in [0.2, 0.25) is 0 Å². The van der Waals surface area contributed by atoms with Crippen LogP contribution >= 0.6 is 23.2 Å². The van der Waals surface area contributed by atoms with E-state index in [1.54, 1.807) is 13.3 Å². The number of hydrogen-bond donors (Lipinski definition) is 1. The summed E-state index contributed by atoms with van der Waals surface area (Å²) < 4.78 is 5.14. The van der Waals surface area contributed by atoms with E-state index >= 15 is 0 Å². The van der Waals surface area contributed by atoms with Crippen LogP contribution in [0.4, 0.5) is 5.82 Å². The summed E-state index contributed by atoms with van der Waals surface area (Å²) >= 11 is 12.1. The highest BCUT2D eigenvalue weighted by atomic mass is 35.5. The van der Waals surface area contributed by atoms with Gasteiger partial charge in [0.05, 0.1) is 12.1 Å². The summed E-state index contributed by atoms with van der Waals surface area (Å²) in [5, 5.41) is 12.9. The predicted octanol–water partition coefficient (Wildman–Crippen LogP) is 3.95. The molecule has 0 radical (unpaired) electrons. The van der Waals surface area contributed by atoms with E-state index in [0.717, 1.165) is 10.9 Å². The molecule has 7 heteroatoms. The zero-order chi connectivity index (χ0) is 15.5. The van der Waals surface area contributed by atoms with Gasteiger partial charge in [0, 0.05) is 18.1 Å². The number of ether oxygens (including phenoxy) is 1. The highest BCUT2D eigenvalue weighted by Gasteiger charge is 2.09. The number of halogens is 2. The number of anilines is 1. The van der Waals surface area contributed by atoms with Gasteiger partial charge in [0.25, 0.3) is 0 Å². The fourth-order valence-corrected chi connectivity index (χ4v) is 2.56. The quantitative estimate of drug-likeness (QED) is 0.782. The zero-order valence-electron chi connectivity index (χ0n) is 11.7. The van der Waals surface area contributed by atoms with Gasteiger partial charge in [-0.3, -0.25) is 4.98 Å². The van der Waals surface area contributed by atoms with Crippen LogP contribution in [0.3, 0.4) is 0 Å². The van der Waals surface area contributed by atoms with Crippen molar-refractivity contribution in [2.75, 3.05) is 12.4 Å². The molecule has 0 saturated heterocycles. The molecule has 2 aromatic heterocycles. The van der Waals surface area contributed by atoms with Crippen LogP contribution in [0.15, 0.2) is 36.5 Å². The topological polar surface area (TPSA) is 59.9 Å². The van der Waals surface area contributed by atoms with Crippen molar-refractivity contribution in [2.45, 2.75) is 6.54 Å². The molecule has 2 heterocycles. The Balaban J connectivity index is 1.85. The molecule has 5 nitrogen and oxygen atoms in total. The molecular weight excluding hydrogens is 323 g/mol. The Bertz CT molecular complexity index is 826. The van der Waals surface area contributed by atoms with E-state index in [1.807, 2.05) is 30.3 Å². The van der Waals surface area contributed by atoms with Gasteiger partial charge in [-0.05, 0) is 29.8 Å². The summed E-state index contributed by atoms with van der Waals surface area (Å²) in [6.45, 7) is 0.546. The van der Waals surface area contributed by atoms with Crippen molar-refractivity contribution < 1.29 is 4.74 Å². The molecule has 1 N–H and O–H groups in total. The summed E-state index contributed by atoms with van der Waals surface area (Å²) in [5.74, 6) is 1.27. The van der Waals surface area contributed by atoms with Gasteiger partial charge in [-0.1, -0.05) is 29.3 Å². The van der Waals surface area contributed by atoms with Crippen LogP contribution in [0, 0.1) is 0 Å². The summed E-state index contributed by atoms with van der Waals surface area (Å²) in [7, 11) is 1.58. The maximum atomic E-state index is 6.12. The normalized spacial score (nSPS) is 10.7. The van der Waals surface area contributed by atoms with Crippen molar-refractivity contribution in [1.29, 1.82) is 0 Å². The van der Waals surface area contributed by atoms with Crippen LogP contribution in [0.2, 0.25) is 10.2 Å². The number of fused-ring (bicyclic) bond motifs is 1. The maximum Gasteiger partial charge on any atom is 0.178 e. The second-order valence-electron chi connectivity index (χ2n) is 4.56. The summed E-state index contributed by atoms with van der Waals surface area (Å²) in [6.07, 6.45) is 1.67. The smallest absolute Gasteiger partial charge is 0.178 e. The molecular formula is C15H12Cl2N4O. The van der Waals surface area contributed by atoms with Crippen molar-refractivity contribution in [1.82, 2.24) is 15.2 Å². The van der Waals surface area contributed by atoms with Crippen molar-refractivity contribution in [3.8, 4) is 5.75 Å². The Labute approximate surface area is 137 Å². The Morgan fingerprint density at radius 1 is 1.18 bits per heavy atom. The van der Waals surface area contributed by atoms with Gasteiger partial charge >= 0.3 is 0 Å². The average Bonchev–Trinajstić information content (AvgIpc) is 2.55. The van der Waals surface area contributed by atoms with Crippen molar-refractivity contribution in [2.24, 2.45) is 0 Å². The largest absolute Gasteiger partial charge is 0.495 e. The molecule has 0 spiro atoms. The van der Waals surface area contributed by atoms with E-state index in [4.69, 9.17) is 27.9 Å². The second kappa shape index (κ2) is 6.34. The van der Waals surface area contributed by atoms with Crippen LogP contribution in [0.5, 0.6) is 5.75 Å². The van der Waals surface area contributed by atoms with Crippen LogP contribution in [-0.4, -0.2) is 22.3 Å². The number of nitrogens with one attached hydrogen (secondary N) is 1. The minimum absolute atomic E-state index is 0.286. The lowest BCUT2D eigenvalue weighted by atomic mass is 10.2. The number of pyridine rings is 1. The molecule has 3 aromatic rings. The van der Waals surface area contributed by atoms with Gasteiger partial charge in [-0.15, -0.1) is 10.2 Å². The lowest BCUT2D eigenvalue weighted by Gasteiger charge is -2.09. The van der Waals surface area contributed by atoms with E-state index in [-0.39, 0.29) is 5.15 Å². The Hall–Kier alpha value is -2.11. The lowest BCUT2D eigenvalue weighted by molar-refractivity contribution is 0.415. The number of nitrogens with zero attached hydrogens (tertiary/aromatic N) is 3. The number of hydrogen-bond acceptors (Lipinski definition) is 5. The maximum absolute atomic E-state index is 6.12. The Kier molecular flexibility index (Phi) is 4.27. The van der Waals surface area contributed by atoms with E-state index < -0.39 is 0 Å². The molecule has 0 amide bonds. The minimum atomic E-state index is 0.286. The Morgan fingerprint density at radius 2 is 2.05 bits per heavy atom. The number of rotatable bonds is 4. The third-order valence-electron chi connectivity index (χ3n) is 3.17. The molecule has 112 valence electrons. The standard InChI is InChI=1S/C15H12Cl2N4O/c1-22-12-5-4-9(7-11(12)16)8-19-15-10-3-2-6-18-13(10)14(17)20-21-15/h2-7H,8H2,1H3,(H,19,21). The van der Waals surface area contributed by atoms with Gasteiger partial charge in [0.1, 0.15) is 11.3 Å². The highest BCUT2D eigenvalue weighted by molar-refractivity contribution is 6.34. The molecule has 0 aliphatic carbocycles. The van der Waals surface area contributed by atoms with Crippen molar-refractivity contribution in [3.63, 3.8) is 0 Å². The predicted molar refractivity (Wildman–Crippen MR) is 87.7 cm³/mol. The van der Waals surface area contributed by atoms with Gasteiger partial charge in [-0.25, -0.2) is 0 Å². The summed E-state index contributed by atoms with van der Waals surface area (Å²) in [4.78, 5) is 4.22. The van der Waals surface area contributed by atoms with E-state index in [1.165, 1.54) is 0 Å². The van der Waals surface area contributed by atoms with E-state index in [9.17, 15) is 0 Å². The molecule has 0 saturated carbocycles. The molecule has 0 fully saturated rings. The van der Waals surface area contributed by atoms with Gasteiger partial charge < -0.3 is 10.1 Å². The zero-order valence-corrected chi connectivity index (χ0v) is 13.2. The van der Waals surface area contributed by atoms with E-state index in [0.29, 0.717) is 28.7 Å². The molecule has 1 aromatic carbocycles. The van der Waals surface area contributed by atoms with Crippen molar-refractivity contribution >= 4 is 39.9 Å². The molecule has 0 atom stereocenters. The fourth-order valence-electron chi connectivity index (χ4n) is 2.09. The monoisotopic (exact) mass is 334 g/mol. The minimum Gasteiger partial charge on any atom is -0.495 e. The number of methoxy groups -OCH3 is 1. The number of benzene rings is 1. The third-order valence-corrected chi connectivity index (χ3v) is 3.72. The molecule has 3 rings (SSSR count). The molecule has 0 aliphatic heterocycles. The van der Waals surface area contributed by atoms with Crippen molar-refractivity contribution in [3.05, 3.63) is 52.3 Å². The fraction of sp³-hybridized carbons (Fsp3) is 0.133. The number of aromatic nitrogens is 3. The van der Waals surface area contributed by atoms with Crippen LogP contribution < -0.4 is 10.1 Å². The van der Waals surface area contributed by atoms with Gasteiger partial charge in [-0.2, -0.15) is 0 Å². The first-order chi connectivity index (χ1) is 10.7. The van der Waals surface area contributed by atoms with Gasteiger partial charge in [0.15, 0.2) is 11.0 Å². The molecule has 22 heavy (non-hydrogen) atoms. The molecule has 0 bridgehead atoms. The average molecular weight is 335 g/mol.